The second-order valence-electron chi connectivity index (χ2n) is 5.40. The Labute approximate surface area is 154 Å². The van der Waals surface area contributed by atoms with Gasteiger partial charge in [0.1, 0.15) is 11.5 Å². The summed E-state index contributed by atoms with van der Waals surface area (Å²) in [6.45, 7) is 0. The van der Waals surface area contributed by atoms with Gasteiger partial charge in [-0.3, -0.25) is 9.59 Å². The zero-order chi connectivity index (χ0) is 18.0. The SMILES string of the molecule is COc1cc(OC)cc(N2C(=O)C[C@@H](Sc3ccc(Cl)cc3)C2=O)c1. The van der Waals surface area contributed by atoms with Gasteiger partial charge in [0.05, 0.1) is 25.2 Å². The Kier molecular flexibility index (Phi) is 5.20. The molecule has 2 aromatic carbocycles. The van der Waals surface area contributed by atoms with Gasteiger partial charge in [-0.2, -0.15) is 0 Å². The Morgan fingerprint density at radius 1 is 1.04 bits per heavy atom. The van der Waals surface area contributed by atoms with E-state index in [9.17, 15) is 9.59 Å². The van der Waals surface area contributed by atoms with E-state index in [1.54, 1.807) is 30.3 Å². The fourth-order valence-electron chi connectivity index (χ4n) is 2.57. The van der Waals surface area contributed by atoms with Crippen LogP contribution < -0.4 is 14.4 Å². The summed E-state index contributed by atoms with van der Waals surface area (Å²) in [7, 11) is 3.04. The number of benzene rings is 2. The van der Waals surface area contributed by atoms with Gasteiger partial charge in [-0.15, -0.1) is 11.8 Å². The highest BCUT2D eigenvalue weighted by molar-refractivity contribution is 8.00. The average molecular weight is 378 g/mol. The van der Waals surface area contributed by atoms with E-state index in [0.717, 1.165) is 4.90 Å². The van der Waals surface area contributed by atoms with Gasteiger partial charge in [-0.25, -0.2) is 4.90 Å². The van der Waals surface area contributed by atoms with E-state index in [0.29, 0.717) is 22.2 Å². The van der Waals surface area contributed by atoms with Crippen LogP contribution in [0.25, 0.3) is 0 Å². The smallest absolute Gasteiger partial charge is 0.247 e. The first-order chi connectivity index (χ1) is 12.0. The maximum atomic E-state index is 12.8. The van der Waals surface area contributed by atoms with Crippen LogP contribution in [-0.2, 0) is 9.59 Å². The van der Waals surface area contributed by atoms with Gasteiger partial charge >= 0.3 is 0 Å². The number of hydrogen-bond donors (Lipinski definition) is 0. The molecule has 25 heavy (non-hydrogen) atoms. The molecular weight excluding hydrogens is 362 g/mol. The largest absolute Gasteiger partial charge is 0.497 e. The van der Waals surface area contributed by atoms with Crippen LogP contribution in [0.3, 0.4) is 0 Å². The van der Waals surface area contributed by atoms with Gasteiger partial charge < -0.3 is 9.47 Å². The number of rotatable bonds is 5. The number of imide groups is 1. The van der Waals surface area contributed by atoms with E-state index in [2.05, 4.69) is 0 Å². The van der Waals surface area contributed by atoms with Crippen LogP contribution >= 0.6 is 23.4 Å². The third-order valence-electron chi connectivity index (χ3n) is 3.79. The van der Waals surface area contributed by atoms with Crippen LogP contribution in [0.15, 0.2) is 47.4 Å². The fourth-order valence-corrected chi connectivity index (χ4v) is 3.75. The lowest BCUT2D eigenvalue weighted by Crippen LogP contribution is -2.31. The van der Waals surface area contributed by atoms with E-state index in [1.165, 1.54) is 30.9 Å². The van der Waals surface area contributed by atoms with Crippen LogP contribution in [0, 0.1) is 0 Å². The zero-order valence-electron chi connectivity index (χ0n) is 13.7. The number of carbonyl (C=O) groups excluding carboxylic acids is 2. The lowest BCUT2D eigenvalue weighted by atomic mass is 10.2. The third-order valence-corrected chi connectivity index (χ3v) is 5.24. The molecule has 5 nitrogen and oxygen atoms in total. The predicted octanol–water partition coefficient (Wildman–Crippen LogP) is 3.78. The van der Waals surface area contributed by atoms with Crippen LogP contribution in [0.5, 0.6) is 11.5 Å². The number of amides is 2. The highest BCUT2D eigenvalue weighted by Gasteiger charge is 2.40. The molecule has 0 N–H and O–H groups in total. The predicted molar refractivity (Wildman–Crippen MR) is 97.8 cm³/mol. The number of anilines is 1. The molecule has 0 bridgehead atoms. The highest BCUT2D eigenvalue weighted by atomic mass is 35.5. The van der Waals surface area contributed by atoms with Crippen molar-refractivity contribution in [3.05, 3.63) is 47.5 Å². The molecule has 3 rings (SSSR count). The van der Waals surface area contributed by atoms with Crippen molar-refractivity contribution >= 4 is 40.9 Å². The standard InChI is InChI=1S/C18H16ClNO4S/c1-23-13-7-12(8-14(9-13)24-2)20-17(21)10-16(18(20)22)25-15-5-3-11(19)4-6-15/h3-9,16H,10H2,1-2H3/t16-/m1/s1. The second kappa shape index (κ2) is 7.37. The number of halogens is 1. The summed E-state index contributed by atoms with van der Waals surface area (Å²) >= 11 is 7.24. The van der Waals surface area contributed by atoms with E-state index in [4.69, 9.17) is 21.1 Å². The Hall–Kier alpha value is -2.18. The molecular formula is C18H16ClNO4S. The van der Waals surface area contributed by atoms with Gasteiger partial charge in [-0.05, 0) is 24.3 Å². The van der Waals surface area contributed by atoms with Crippen LogP contribution in [0.2, 0.25) is 5.02 Å². The molecule has 0 unspecified atom stereocenters. The molecule has 0 saturated carbocycles. The molecule has 0 aliphatic carbocycles. The number of hydrogen-bond acceptors (Lipinski definition) is 5. The summed E-state index contributed by atoms with van der Waals surface area (Å²) in [4.78, 5) is 27.3. The molecule has 1 aliphatic heterocycles. The van der Waals surface area contributed by atoms with Crippen molar-refractivity contribution < 1.29 is 19.1 Å². The lowest BCUT2D eigenvalue weighted by molar-refractivity contribution is -0.121. The Morgan fingerprint density at radius 2 is 1.64 bits per heavy atom. The number of ether oxygens (including phenoxy) is 2. The van der Waals surface area contributed by atoms with E-state index in [-0.39, 0.29) is 18.2 Å². The van der Waals surface area contributed by atoms with Crippen molar-refractivity contribution in [3.8, 4) is 11.5 Å². The second-order valence-corrected chi connectivity index (χ2v) is 7.12. The topological polar surface area (TPSA) is 55.8 Å². The number of methoxy groups -OCH3 is 2. The first-order valence-corrected chi connectivity index (χ1v) is 8.79. The summed E-state index contributed by atoms with van der Waals surface area (Å²) in [5.74, 6) is 0.541. The molecule has 2 aromatic rings. The summed E-state index contributed by atoms with van der Waals surface area (Å²) in [5.41, 5.74) is 0.449. The molecule has 1 saturated heterocycles. The first-order valence-electron chi connectivity index (χ1n) is 7.54. The maximum Gasteiger partial charge on any atom is 0.247 e. The van der Waals surface area contributed by atoms with Crippen LogP contribution in [0.4, 0.5) is 5.69 Å². The molecule has 0 radical (unpaired) electrons. The Bertz CT molecular complexity index is 787. The number of nitrogens with zero attached hydrogens (tertiary/aromatic N) is 1. The van der Waals surface area contributed by atoms with E-state index in [1.807, 2.05) is 12.1 Å². The summed E-state index contributed by atoms with van der Waals surface area (Å²) < 4.78 is 10.4. The van der Waals surface area contributed by atoms with Crippen molar-refractivity contribution in [3.63, 3.8) is 0 Å². The minimum Gasteiger partial charge on any atom is -0.497 e. The molecule has 7 heteroatoms. The maximum absolute atomic E-state index is 12.8. The van der Waals surface area contributed by atoms with Gasteiger partial charge in [0.15, 0.2) is 0 Å². The minimum absolute atomic E-state index is 0.144. The molecule has 2 amide bonds. The molecule has 1 atom stereocenters. The Morgan fingerprint density at radius 3 is 2.20 bits per heavy atom. The lowest BCUT2D eigenvalue weighted by Gasteiger charge is -2.17. The van der Waals surface area contributed by atoms with Gasteiger partial charge in [0.25, 0.3) is 0 Å². The van der Waals surface area contributed by atoms with Crippen LogP contribution in [-0.4, -0.2) is 31.3 Å². The number of carbonyl (C=O) groups is 2. The normalized spacial score (nSPS) is 17.1. The quantitative estimate of drug-likeness (QED) is 0.742. The first kappa shape index (κ1) is 17.6. The molecule has 1 aliphatic rings. The Balaban J connectivity index is 1.85. The summed E-state index contributed by atoms with van der Waals surface area (Å²) in [6.07, 6.45) is 0.144. The average Bonchev–Trinajstić information content (AvgIpc) is 2.90. The van der Waals surface area contributed by atoms with Crippen molar-refractivity contribution in [2.75, 3.05) is 19.1 Å². The molecule has 0 aromatic heterocycles. The molecule has 1 heterocycles. The van der Waals surface area contributed by atoms with Crippen molar-refractivity contribution in [2.24, 2.45) is 0 Å². The summed E-state index contributed by atoms with van der Waals surface area (Å²) in [6, 6.07) is 12.2. The number of thioether (sulfide) groups is 1. The van der Waals surface area contributed by atoms with E-state index >= 15 is 0 Å². The molecule has 0 spiro atoms. The third kappa shape index (κ3) is 3.75. The van der Waals surface area contributed by atoms with Crippen molar-refractivity contribution in [2.45, 2.75) is 16.6 Å². The van der Waals surface area contributed by atoms with Gasteiger partial charge in [0.2, 0.25) is 11.8 Å². The summed E-state index contributed by atoms with van der Waals surface area (Å²) in [5, 5.41) is 0.161. The van der Waals surface area contributed by atoms with Gasteiger partial charge in [0, 0.05) is 34.5 Å². The zero-order valence-corrected chi connectivity index (χ0v) is 15.3. The highest BCUT2D eigenvalue weighted by Crippen LogP contribution is 2.36. The van der Waals surface area contributed by atoms with Crippen LogP contribution in [0.1, 0.15) is 6.42 Å². The fraction of sp³-hybridized carbons (Fsp3) is 0.222. The minimum atomic E-state index is -0.467. The van der Waals surface area contributed by atoms with Crippen molar-refractivity contribution in [1.29, 1.82) is 0 Å². The van der Waals surface area contributed by atoms with Gasteiger partial charge in [-0.1, -0.05) is 11.6 Å². The van der Waals surface area contributed by atoms with E-state index < -0.39 is 5.25 Å². The van der Waals surface area contributed by atoms with Crippen molar-refractivity contribution in [1.82, 2.24) is 0 Å². The monoisotopic (exact) mass is 377 g/mol. The molecule has 130 valence electrons. The molecule has 1 fully saturated rings.